The summed E-state index contributed by atoms with van der Waals surface area (Å²) in [6, 6.07) is 1.98. The highest BCUT2D eigenvalue weighted by Crippen LogP contribution is 2.39. The number of rotatable bonds is 4. The van der Waals surface area contributed by atoms with Crippen molar-refractivity contribution in [3.05, 3.63) is 34.7 Å². The molecule has 0 saturated heterocycles. The number of thiazole rings is 1. The number of pyridine rings is 1. The van der Waals surface area contributed by atoms with Gasteiger partial charge in [0, 0.05) is 41.7 Å². The van der Waals surface area contributed by atoms with Gasteiger partial charge in [-0.15, -0.1) is 11.3 Å². The zero-order chi connectivity index (χ0) is 20.1. The number of nitrogens with zero attached hydrogens (tertiary/aromatic N) is 6. The molecule has 0 bridgehead atoms. The van der Waals surface area contributed by atoms with E-state index in [0.29, 0.717) is 11.4 Å². The first-order chi connectivity index (χ1) is 14.0. The average Bonchev–Trinajstić information content (AvgIpc) is 3.42. The second-order valence-electron chi connectivity index (χ2n) is 7.72. The number of methoxy groups -OCH3 is 1. The standard InChI is InChI=1S/C20H23N7OS/c1-11(2)16-17(12-7-14(28-4)19-21-10-22-27(19)8-12)24-25-18(16)20-23-13-5-6-26(3)9-15(13)29-20/h7-8,10-11H,5-6,9H2,1-4H3,(H,24,25). The molecule has 0 amide bonds. The molecule has 0 atom stereocenters. The fraction of sp³-hybridized carbons (Fsp3) is 0.400. The first-order valence-electron chi connectivity index (χ1n) is 9.68. The second kappa shape index (κ2) is 6.93. The van der Waals surface area contributed by atoms with Crippen molar-refractivity contribution in [1.82, 2.24) is 34.7 Å². The largest absolute Gasteiger partial charge is 0.493 e. The Bertz CT molecular complexity index is 1190. The van der Waals surface area contributed by atoms with Crippen molar-refractivity contribution in [3.63, 3.8) is 0 Å². The predicted molar refractivity (Wildman–Crippen MR) is 112 cm³/mol. The number of nitrogens with one attached hydrogen (secondary N) is 1. The third-order valence-electron chi connectivity index (χ3n) is 5.36. The number of hydrogen-bond donors (Lipinski definition) is 1. The zero-order valence-corrected chi connectivity index (χ0v) is 17.7. The predicted octanol–water partition coefficient (Wildman–Crippen LogP) is 3.36. The second-order valence-corrected chi connectivity index (χ2v) is 8.80. The number of H-pyrrole nitrogens is 1. The summed E-state index contributed by atoms with van der Waals surface area (Å²) in [6.07, 6.45) is 4.48. The van der Waals surface area contributed by atoms with Gasteiger partial charge in [0.1, 0.15) is 17.0 Å². The number of hydrogen-bond acceptors (Lipinski definition) is 7. The molecule has 0 aromatic carbocycles. The van der Waals surface area contributed by atoms with E-state index in [1.165, 1.54) is 16.9 Å². The quantitative estimate of drug-likeness (QED) is 0.556. The fourth-order valence-corrected chi connectivity index (χ4v) is 5.09. The van der Waals surface area contributed by atoms with E-state index in [1.54, 1.807) is 23.0 Å². The molecule has 150 valence electrons. The van der Waals surface area contributed by atoms with Gasteiger partial charge in [-0.3, -0.25) is 5.10 Å². The van der Waals surface area contributed by atoms with E-state index in [9.17, 15) is 0 Å². The molecule has 1 aliphatic heterocycles. The lowest BCUT2D eigenvalue weighted by Gasteiger charge is -2.20. The van der Waals surface area contributed by atoms with Crippen molar-refractivity contribution < 1.29 is 4.74 Å². The van der Waals surface area contributed by atoms with Crippen LogP contribution in [0.1, 0.15) is 35.9 Å². The van der Waals surface area contributed by atoms with Crippen molar-refractivity contribution in [2.45, 2.75) is 32.7 Å². The van der Waals surface area contributed by atoms with Crippen molar-refractivity contribution in [2.75, 3.05) is 20.7 Å². The van der Waals surface area contributed by atoms with E-state index in [0.717, 1.165) is 47.0 Å². The molecule has 1 N–H and O–H groups in total. The molecule has 0 aliphatic carbocycles. The SMILES string of the molecule is COc1cc(-c2[nH]nc(-c3nc4c(s3)CN(C)CC4)c2C(C)C)cn2ncnc12. The van der Waals surface area contributed by atoms with Gasteiger partial charge in [0.2, 0.25) is 0 Å². The van der Waals surface area contributed by atoms with Crippen LogP contribution in [0.3, 0.4) is 0 Å². The first kappa shape index (κ1) is 18.3. The number of aromatic amines is 1. The van der Waals surface area contributed by atoms with Crippen LogP contribution in [0.4, 0.5) is 0 Å². The minimum atomic E-state index is 0.278. The molecule has 4 aromatic rings. The first-order valence-corrected chi connectivity index (χ1v) is 10.5. The maximum atomic E-state index is 5.53. The van der Waals surface area contributed by atoms with Gasteiger partial charge in [0.25, 0.3) is 0 Å². The molecule has 0 saturated carbocycles. The van der Waals surface area contributed by atoms with Gasteiger partial charge in [0.15, 0.2) is 11.4 Å². The van der Waals surface area contributed by atoms with E-state index in [4.69, 9.17) is 14.8 Å². The van der Waals surface area contributed by atoms with Gasteiger partial charge in [-0.05, 0) is 19.0 Å². The van der Waals surface area contributed by atoms with Crippen LogP contribution in [0, 0.1) is 0 Å². The Morgan fingerprint density at radius 3 is 2.97 bits per heavy atom. The van der Waals surface area contributed by atoms with Crippen molar-refractivity contribution >= 4 is 17.0 Å². The van der Waals surface area contributed by atoms with Crippen LogP contribution in [0.15, 0.2) is 18.6 Å². The Labute approximate surface area is 172 Å². The van der Waals surface area contributed by atoms with Crippen LogP contribution in [-0.2, 0) is 13.0 Å². The third kappa shape index (κ3) is 3.01. The van der Waals surface area contributed by atoms with Gasteiger partial charge >= 0.3 is 0 Å². The van der Waals surface area contributed by atoms with Crippen molar-refractivity contribution in [3.8, 4) is 27.7 Å². The van der Waals surface area contributed by atoms with E-state index < -0.39 is 0 Å². The summed E-state index contributed by atoms with van der Waals surface area (Å²) in [4.78, 5) is 12.9. The average molecular weight is 410 g/mol. The Morgan fingerprint density at radius 1 is 1.31 bits per heavy atom. The van der Waals surface area contributed by atoms with Crippen LogP contribution in [-0.4, -0.2) is 55.4 Å². The lowest BCUT2D eigenvalue weighted by Crippen LogP contribution is -2.25. The van der Waals surface area contributed by atoms with E-state index in [-0.39, 0.29) is 5.92 Å². The summed E-state index contributed by atoms with van der Waals surface area (Å²) >= 11 is 1.76. The summed E-state index contributed by atoms with van der Waals surface area (Å²) in [5.74, 6) is 0.957. The van der Waals surface area contributed by atoms with Crippen LogP contribution in [0.25, 0.3) is 27.6 Å². The topological polar surface area (TPSA) is 84.2 Å². The molecule has 0 unspecified atom stereocenters. The van der Waals surface area contributed by atoms with Gasteiger partial charge in [-0.25, -0.2) is 14.5 Å². The molecule has 8 nitrogen and oxygen atoms in total. The van der Waals surface area contributed by atoms with Gasteiger partial charge in [-0.2, -0.15) is 10.2 Å². The van der Waals surface area contributed by atoms with Gasteiger partial charge in [0.05, 0.1) is 18.5 Å². The molecule has 4 aromatic heterocycles. The number of fused-ring (bicyclic) bond motifs is 2. The molecular weight excluding hydrogens is 386 g/mol. The molecule has 1 aliphatic rings. The zero-order valence-electron chi connectivity index (χ0n) is 16.9. The molecular formula is C20H23N7OS. The highest BCUT2D eigenvalue weighted by molar-refractivity contribution is 7.15. The lowest BCUT2D eigenvalue weighted by molar-refractivity contribution is 0.314. The molecule has 0 fully saturated rings. The lowest BCUT2D eigenvalue weighted by atomic mass is 9.97. The Morgan fingerprint density at radius 2 is 2.17 bits per heavy atom. The van der Waals surface area contributed by atoms with Crippen LogP contribution in [0.2, 0.25) is 0 Å². The summed E-state index contributed by atoms with van der Waals surface area (Å²) in [7, 11) is 3.80. The van der Waals surface area contributed by atoms with Crippen molar-refractivity contribution in [1.29, 1.82) is 0 Å². The summed E-state index contributed by atoms with van der Waals surface area (Å²) < 4.78 is 7.27. The maximum absolute atomic E-state index is 5.53. The summed E-state index contributed by atoms with van der Waals surface area (Å²) in [6.45, 7) is 6.38. The van der Waals surface area contributed by atoms with Crippen LogP contribution < -0.4 is 4.74 Å². The summed E-state index contributed by atoms with van der Waals surface area (Å²) in [5.41, 5.74) is 5.94. The van der Waals surface area contributed by atoms with Crippen molar-refractivity contribution in [2.24, 2.45) is 0 Å². The highest BCUT2D eigenvalue weighted by Gasteiger charge is 2.25. The van der Waals surface area contributed by atoms with Crippen LogP contribution >= 0.6 is 11.3 Å². The van der Waals surface area contributed by atoms with Gasteiger partial charge < -0.3 is 9.64 Å². The minimum absolute atomic E-state index is 0.278. The fourth-order valence-electron chi connectivity index (χ4n) is 3.90. The Balaban J connectivity index is 1.64. The number of likely N-dealkylation sites (N-methyl/N-ethyl adjacent to an activating group) is 1. The monoisotopic (exact) mass is 409 g/mol. The Kier molecular flexibility index (Phi) is 4.36. The van der Waals surface area contributed by atoms with E-state index in [2.05, 4.69) is 41.0 Å². The molecule has 0 spiro atoms. The smallest absolute Gasteiger partial charge is 0.197 e. The number of ether oxygens (including phenoxy) is 1. The highest BCUT2D eigenvalue weighted by atomic mass is 32.1. The van der Waals surface area contributed by atoms with E-state index >= 15 is 0 Å². The minimum Gasteiger partial charge on any atom is -0.493 e. The van der Waals surface area contributed by atoms with Crippen LogP contribution in [0.5, 0.6) is 5.75 Å². The third-order valence-corrected chi connectivity index (χ3v) is 6.45. The summed E-state index contributed by atoms with van der Waals surface area (Å²) in [5, 5.41) is 13.2. The van der Waals surface area contributed by atoms with Gasteiger partial charge in [-0.1, -0.05) is 13.8 Å². The maximum Gasteiger partial charge on any atom is 0.197 e. The molecule has 0 radical (unpaired) electrons. The molecule has 9 heteroatoms. The molecule has 29 heavy (non-hydrogen) atoms. The Hall–Kier alpha value is -2.78. The normalized spacial score (nSPS) is 14.7. The molecule has 5 rings (SSSR count). The van der Waals surface area contributed by atoms with E-state index in [1.807, 2.05) is 12.3 Å². The number of aromatic nitrogens is 6. The molecule has 5 heterocycles.